The van der Waals surface area contributed by atoms with Gasteiger partial charge in [-0.15, -0.1) is 0 Å². The van der Waals surface area contributed by atoms with Gasteiger partial charge in [-0.25, -0.2) is 4.68 Å². The Morgan fingerprint density at radius 1 is 1.21 bits per heavy atom. The average Bonchev–Trinajstić information content (AvgIpc) is 3.43. The van der Waals surface area contributed by atoms with E-state index in [2.05, 4.69) is 15.7 Å². The number of hydrogen-bond donors (Lipinski definition) is 2. The molecule has 1 aliphatic heterocycles. The summed E-state index contributed by atoms with van der Waals surface area (Å²) in [5.74, 6) is 0.634. The maximum Gasteiger partial charge on any atom is 0.271 e. The zero-order chi connectivity index (χ0) is 19.3. The number of carbonyl (C=O) groups excluding carboxylic acids is 1. The molecule has 6 heteroatoms. The molecule has 1 unspecified atom stereocenters. The van der Waals surface area contributed by atoms with Crippen LogP contribution < -0.4 is 15.4 Å². The molecule has 0 radical (unpaired) electrons. The molecule has 2 heterocycles. The molecule has 2 N–H and O–H groups in total. The van der Waals surface area contributed by atoms with E-state index in [1.54, 1.807) is 7.11 Å². The Hall–Kier alpha value is -3.12. The van der Waals surface area contributed by atoms with Gasteiger partial charge in [-0.1, -0.05) is 18.2 Å². The number of amides is 1. The van der Waals surface area contributed by atoms with Gasteiger partial charge in [-0.05, 0) is 61.9 Å². The lowest BCUT2D eigenvalue weighted by molar-refractivity contribution is 0.0945. The van der Waals surface area contributed by atoms with Crippen LogP contribution in [-0.2, 0) is 0 Å². The summed E-state index contributed by atoms with van der Waals surface area (Å²) in [6, 6.07) is 19.8. The Kier molecular flexibility index (Phi) is 5.39. The molecule has 28 heavy (non-hydrogen) atoms. The minimum atomic E-state index is -0.154. The fraction of sp³-hybridized carbons (Fsp3) is 0.273. The first-order chi connectivity index (χ1) is 13.7. The Balaban J connectivity index is 1.64. The van der Waals surface area contributed by atoms with Crippen LogP contribution in [0.4, 0.5) is 0 Å². The zero-order valence-electron chi connectivity index (χ0n) is 15.9. The lowest BCUT2D eigenvalue weighted by atomic mass is 10.1. The van der Waals surface area contributed by atoms with Gasteiger partial charge >= 0.3 is 0 Å². The van der Waals surface area contributed by atoms with Gasteiger partial charge in [0.15, 0.2) is 5.69 Å². The molecule has 1 aromatic heterocycles. The second-order valence-electron chi connectivity index (χ2n) is 6.89. The highest BCUT2D eigenvalue weighted by molar-refractivity contribution is 5.93. The third kappa shape index (κ3) is 3.92. The van der Waals surface area contributed by atoms with Crippen molar-refractivity contribution in [3.05, 3.63) is 66.4 Å². The third-order valence-corrected chi connectivity index (χ3v) is 5.00. The molecule has 1 fully saturated rings. The maximum absolute atomic E-state index is 12.7. The summed E-state index contributed by atoms with van der Waals surface area (Å²) in [7, 11) is 1.64. The minimum absolute atomic E-state index is 0.154. The molecule has 1 amide bonds. The summed E-state index contributed by atoms with van der Waals surface area (Å²) in [5, 5.41) is 11.0. The normalized spacial score (nSPS) is 16.1. The van der Waals surface area contributed by atoms with Crippen LogP contribution in [0.25, 0.3) is 16.9 Å². The maximum atomic E-state index is 12.7. The van der Waals surface area contributed by atoms with E-state index < -0.39 is 0 Å². The van der Waals surface area contributed by atoms with Crippen LogP contribution in [0.3, 0.4) is 0 Å². The number of hydrogen-bond acceptors (Lipinski definition) is 4. The Morgan fingerprint density at radius 2 is 2.00 bits per heavy atom. The van der Waals surface area contributed by atoms with Crippen LogP contribution >= 0.6 is 0 Å². The third-order valence-electron chi connectivity index (χ3n) is 5.00. The number of rotatable bonds is 6. The molecule has 0 spiro atoms. The Morgan fingerprint density at radius 3 is 2.68 bits per heavy atom. The zero-order valence-corrected chi connectivity index (χ0v) is 15.9. The first-order valence-electron chi connectivity index (χ1n) is 9.56. The van der Waals surface area contributed by atoms with Crippen molar-refractivity contribution in [1.29, 1.82) is 0 Å². The van der Waals surface area contributed by atoms with Crippen molar-refractivity contribution in [2.45, 2.75) is 18.9 Å². The highest BCUT2D eigenvalue weighted by Gasteiger charge is 2.19. The van der Waals surface area contributed by atoms with Crippen LogP contribution in [0.1, 0.15) is 23.3 Å². The first-order valence-corrected chi connectivity index (χ1v) is 9.56. The van der Waals surface area contributed by atoms with E-state index in [0.29, 0.717) is 18.3 Å². The largest absolute Gasteiger partial charge is 0.497 e. The second-order valence-corrected chi connectivity index (χ2v) is 6.89. The van der Waals surface area contributed by atoms with Gasteiger partial charge in [0.2, 0.25) is 0 Å². The standard InChI is InChI=1S/C22H24N4O2/c1-28-19-11-9-16(10-12-19)21-14-20(22(27)24-15-17-6-5-13-23-17)25-26(21)18-7-3-2-4-8-18/h2-4,7-12,14,17,23H,5-6,13,15H2,1H3,(H,24,27). The van der Waals surface area contributed by atoms with E-state index in [4.69, 9.17) is 4.74 Å². The molecule has 1 atom stereocenters. The van der Waals surface area contributed by atoms with Gasteiger partial charge in [-0.2, -0.15) is 5.10 Å². The van der Waals surface area contributed by atoms with Crippen LogP contribution in [0.15, 0.2) is 60.7 Å². The predicted octanol–water partition coefficient (Wildman–Crippen LogP) is 3.03. The monoisotopic (exact) mass is 376 g/mol. The summed E-state index contributed by atoms with van der Waals surface area (Å²) in [5.41, 5.74) is 3.14. The molecule has 1 aliphatic rings. The van der Waals surface area contributed by atoms with Crippen LogP contribution in [0.5, 0.6) is 5.75 Å². The molecule has 0 aliphatic carbocycles. The van der Waals surface area contributed by atoms with Crippen molar-refractivity contribution in [2.75, 3.05) is 20.2 Å². The van der Waals surface area contributed by atoms with E-state index >= 15 is 0 Å². The highest BCUT2D eigenvalue weighted by atomic mass is 16.5. The molecule has 144 valence electrons. The molecular weight excluding hydrogens is 352 g/mol. The van der Waals surface area contributed by atoms with E-state index in [9.17, 15) is 4.79 Å². The highest BCUT2D eigenvalue weighted by Crippen LogP contribution is 2.26. The van der Waals surface area contributed by atoms with Gasteiger partial charge in [0.1, 0.15) is 5.75 Å². The topological polar surface area (TPSA) is 68.2 Å². The summed E-state index contributed by atoms with van der Waals surface area (Å²) in [6.07, 6.45) is 2.25. The number of benzene rings is 2. The second kappa shape index (κ2) is 8.27. The smallest absolute Gasteiger partial charge is 0.271 e. The first kappa shape index (κ1) is 18.3. The SMILES string of the molecule is COc1ccc(-c2cc(C(=O)NCC3CCCN3)nn2-c2ccccc2)cc1. The summed E-state index contributed by atoms with van der Waals surface area (Å²) < 4.78 is 7.06. The average molecular weight is 376 g/mol. The van der Waals surface area contributed by atoms with E-state index in [0.717, 1.165) is 42.1 Å². The molecular formula is C22H24N4O2. The summed E-state index contributed by atoms with van der Waals surface area (Å²) in [4.78, 5) is 12.7. The van der Waals surface area contributed by atoms with Crippen molar-refractivity contribution in [2.24, 2.45) is 0 Å². The van der Waals surface area contributed by atoms with Gasteiger partial charge in [-0.3, -0.25) is 4.79 Å². The number of ether oxygens (including phenoxy) is 1. The van der Waals surface area contributed by atoms with Gasteiger partial charge in [0, 0.05) is 18.2 Å². The summed E-state index contributed by atoms with van der Waals surface area (Å²) in [6.45, 7) is 1.64. The van der Waals surface area contributed by atoms with Crippen LogP contribution in [0.2, 0.25) is 0 Å². The van der Waals surface area contributed by atoms with Crippen LogP contribution in [0, 0.1) is 0 Å². The quantitative estimate of drug-likeness (QED) is 0.694. The lowest BCUT2D eigenvalue weighted by Gasteiger charge is -2.10. The molecule has 0 saturated carbocycles. The molecule has 6 nitrogen and oxygen atoms in total. The van der Waals surface area contributed by atoms with Crippen molar-refractivity contribution in [3.63, 3.8) is 0 Å². The fourth-order valence-corrected chi connectivity index (χ4v) is 3.46. The van der Waals surface area contributed by atoms with Crippen molar-refractivity contribution < 1.29 is 9.53 Å². The lowest BCUT2D eigenvalue weighted by Crippen LogP contribution is -2.37. The van der Waals surface area contributed by atoms with Gasteiger partial charge < -0.3 is 15.4 Å². The van der Waals surface area contributed by atoms with Crippen LogP contribution in [-0.4, -0.2) is 41.9 Å². The Bertz CT molecular complexity index is 929. The van der Waals surface area contributed by atoms with Gasteiger partial charge in [0.25, 0.3) is 5.91 Å². The number of carbonyl (C=O) groups is 1. The predicted molar refractivity (Wildman–Crippen MR) is 109 cm³/mol. The molecule has 1 saturated heterocycles. The number of para-hydroxylation sites is 1. The number of nitrogens with zero attached hydrogens (tertiary/aromatic N) is 2. The molecule has 2 aromatic carbocycles. The number of aromatic nitrogens is 2. The number of nitrogens with one attached hydrogen (secondary N) is 2. The Labute approximate surface area is 164 Å². The van der Waals surface area contributed by atoms with E-state index in [-0.39, 0.29) is 5.91 Å². The van der Waals surface area contributed by atoms with Crippen molar-refractivity contribution in [3.8, 4) is 22.7 Å². The van der Waals surface area contributed by atoms with Gasteiger partial charge in [0.05, 0.1) is 18.5 Å². The van der Waals surface area contributed by atoms with Crippen molar-refractivity contribution >= 4 is 5.91 Å². The molecule has 4 rings (SSSR count). The van der Waals surface area contributed by atoms with E-state index in [1.165, 1.54) is 0 Å². The van der Waals surface area contributed by atoms with Crippen molar-refractivity contribution in [1.82, 2.24) is 20.4 Å². The molecule has 0 bridgehead atoms. The fourth-order valence-electron chi connectivity index (χ4n) is 3.46. The van der Waals surface area contributed by atoms with E-state index in [1.807, 2.05) is 65.3 Å². The molecule has 3 aromatic rings. The number of methoxy groups -OCH3 is 1. The summed E-state index contributed by atoms with van der Waals surface area (Å²) >= 11 is 0. The minimum Gasteiger partial charge on any atom is -0.497 e.